The molecule has 1 N–H and O–H groups in total. The first kappa shape index (κ1) is 21.8. The summed E-state index contributed by atoms with van der Waals surface area (Å²) >= 11 is 0. The first-order chi connectivity index (χ1) is 14.2. The number of hydrogen-bond donors (Lipinski definition) is 1. The zero-order valence-corrected chi connectivity index (χ0v) is 18.4. The Morgan fingerprint density at radius 2 is 1.93 bits per heavy atom. The number of nitrogens with one attached hydrogen (secondary N) is 1. The lowest BCUT2D eigenvalue weighted by Gasteiger charge is -2.41. The monoisotopic (exact) mass is 413 g/mol. The van der Waals surface area contributed by atoms with Crippen LogP contribution in [0.15, 0.2) is 30.5 Å². The van der Waals surface area contributed by atoms with Crippen molar-refractivity contribution in [2.75, 3.05) is 31.5 Å². The molecule has 2 aromatic rings. The smallest absolute Gasteiger partial charge is 0.238 e. The molecule has 1 aliphatic rings. The molecular formula is C22H31N5O3. The van der Waals surface area contributed by atoms with Gasteiger partial charge in [-0.05, 0) is 38.5 Å². The topological polar surface area (TPSA) is 79.7 Å². The van der Waals surface area contributed by atoms with Crippen molar-refractivity contribution in [2.45, 2.75) is 39.8 Å². The zero-order chi connectivity index (χ0) is 21.8. The molecule has 1 aliphatic heterocycles. The highest BCUT2D eigenvalue weighted by molar-refractivity contribution is 5.92. The minimum absolute atomic E-state index is 0.0508. The lowest BCUT2D eigenvalue weighted by Crippen LogP contribution is -2.51. The molecule has 30 heavy (non-hydrogen) atoms. The van der Waals surface area contributed by atoms with E-state index in [9.17, 15) is 9.59 Å². The van der Waals surface area contributed by atoms with Crippen molar-refractivity contribution >= 4 is 17.5 Å². The van der Waals surface area contributed by atoms with Gasteiger partial charge in [-0.15, -0.1) is 0 Å². The van der Waals surface area contributed by atoms with Gasteiger partial charge in [0.1, 0.15) is 5.75 Å². The van der Waals surface area contributed by atoms with E-state index in [4.69, 9.17) is 4.74 Å². The molecule has 162 valence electrons. The van der Waals surface area contributed by atoms with Gasteiger partial charge in [0.2, 0.25) is 11.8 Å². The maximum atomic E-state index is 12.7. The average molecular weight is 414 g/mol. The van der Waals surface area contributed by atoms with Crippen LogP contribution in [0.5, 0.6) is 5.75 Å². The number of rotatable bonds is 6. The van der Waals surface area contributed by atoms with E-state index < -0.39 is 0 Å². The molecular weight excluding hydrogens is 382 g/mol. The highest BCUT2D eigenvalue weighted by Gasteiger charge is 2.30. The number of aryl methyl sites for hydroxylation is 2. The predicted octanol–water partition coefficient (Wildman–Crippen LogP) is 2.36. The summed E-state index contributed by atoms with van der Waals surface area (Å²) in [5.74, 6) is 0.770. The second kappa shape index (κ2) is 9.30. The third-order valence-electron chi connectivity index (χ3n) is 5.21. The van der Waals surface area contributed by atoms with Crippen molar-refractivity contribution < 1.29 is 14.3 Å². The third-order valence-corrected chi connectivity index (χ3v) is 5.21. The fourth-order valence-corrected chi connectivity index (χ4v) is 3.75. The van der Waals surface area contributed by atoms with Crippen molar-refractivity contribution in [1.29, 1.82) is 0 Å². The zero-order valence-electron chi connectivity index (χ0n) is 18.4. The molecule has 2 amide bonds. The first-order valence-electron chi connectivity index (χ1n) is 10.3. The average Bonchev–Trinajstić information content (AvgIpc) is 2.99. The summed E-state index contributed by atoms with van der Waals surface area (Å²) in [6.07, 6.45) is 1.90. The molecule has 8 nitrogen and oxygen atoms in total. The summed E-state index contributed by atoms with van der Waals surface area (Å²) < 4.78 is 7.42. The van der Waals surface area contributed by atoms with E-state index in [0.717, 1.165) is 22.7 Å². The molecule has 3 rings (SSSR count). The van der Waals surface area contributed by atoms with Gasteiger partial charge in [-0.2, -0.15) is 5.10 Å². The van der Waals surface area contributed by atoms with Gasteiger partial charge in [0.05, 0.1) is 30.1 Å². The Bertz CT molecular complexity index is 891. The van der Waals surface area contributed by atoms with Crippen LogP contribution in [0.1, 0.15) is 38.1 Å². The molecule has 1 aromatic heterocycles. The number of ether oxygens (including phenoxy) is 1. The molecule has 1 fully saturated rings. The normalized spacial score (nSPS) is 17.3. The Labute approximate surface area is 177 Å². The van der Waals surface area contributed by atoms with Crippen LogP contribution in [0, 0.1) is 6.92 Å². The maximum absolute atomic E-state index is 12.7. The molecule has 1 atom stereocenters. The lowest BCUT2D eigenvalue weighted by atomic mass is 10.0. The molecule has 0 aliphatic carbocycles. The van der Waals surface area contributed by atoms with Crippen molar-refractivity contribution in [1.82, 2.24) is 19.6 Å². The Balaban J connectivity index is 1.74. The Kier molecular flexibility index (Phi) is 6.77. The molecule has 8 heteroatoms. The van der Waals surface area contributed by atoms with E-state index >= 15 is 0 Å². The number of carbonyl (C=O) groups is 2. The van der Waals surface area contributed by atoms with Gasteiger partial charge in [-0.1, -0.05) is 12.1 Å². The van der Waals surface area contributed by atoms with Crippen LogP contribution in [-0.4, -0.2) is 63.7 Å². The summed E-state index contributed by atoms with van der Waals surface area (Å²) in [5, 5.41) is 7.21. The SMILES string of the molecule is CC(=O)N1CCN(CC(=O)Nc2cn(C)nc2C)[C@H](c2ccc(OC(C)C)cc2)C1. The van der Waals surface area contributed by atoms with Crippen molar-refractivity contribution in [3.63, 3.8) is 0 Å². The highest BCUT2D eigenvalue weighted by atomic mass is 16.5. The molecule has 0 bridgehead atoms. The van der Waals surface area contributed by atoms with Crippen LogP contribution in [0.3, 0.4) is 0 Å². The highest BCUT2D eigenvalue weighted by Crippen LogP contribution is 2.27. The van der Waals surface area contributed by atoms with Gasteiger partial charge >= 0.3 is 0 Å². The molecule has 1 aromatic carbocycles. The number of carbonyl (C=O) groups excluding carboxylic acids is 2. The Morgan fingerprint density at radius 1 is 1.23 bits per heavy atom. The molecule has 0 unspecified atom stereocenters. The van der Waals surface area contributed by atoms with E-state index in [-0.39, 0.29) is 30.5 Å². The summed E-state index contributed by atoms with van der Waals surface area (Å²) in [6, 6.07) is 7.86. The molecule has 1 saturated heterocycles. The van der Waals surface area contributed by atoms with Crippen LogP contribution < -0.4 is 10.1 Å². The number of anilines is 1. The summed E-state index contributed by atoms with van der Waals surface area (Å²) in [5.41, 5.74) is 2.56. The van der Waals surface area contributed by atoms with E-state index in [1.807, 2.05) is 57.0 Å². The van der Waals surface area contributed by atoms with Gasteiger partial charge in [0, 0.05) is 39.8 Å². The number of hydrogen-bond acceptors (Lipinski definition) is 5. The summed E-state index contributed by atoms with van der Waals surface area (Å²) in [4.78, 5) is 28.6. The standard InChI is InChI=1S/C22H31N5O3/c1-15(2)30-19-8-6-18(7-9-19)21-13-26(17(4)28)10-11-27(21)14-22(29)23-20-12-25(5)24-16(20)3/h6-9,12,15,21H,10-11,13-14H2,1-5H3,(H,23,29)/t21-/m0/s1. The lowest BCUT2D eigenvalue weighted by molar-refractivity contribution is -0.132. The Hall–Kier alpha value is -2.87. The van der Waals surface area contributed by atoms with Crippen LogP contribution in [0.2, 0.25) is 0 Å². The first-order valence-corrected chi connectivity index (χ1v) is 10.3. The molecule has 0 saturated carbocycles. The summed E-state index contributed by atoms with van der Waals surface area (Å²) in [6.45, 7) is 9.48. The second-order valence-electron chi connectivity index (χ2n) is 8.04. The van der Waals surface area contributed by atoms with E-state index in [0.29, 0.717) is 19.6 Å². The number of piperazine rings is 1. The molecule has 0 spiro atoms. The minimum atomic E-state index is -0.0906. The van der Waals surface area contributed by atoms with Gasteiger partial charge in [0.25, 0.3) is 0 Å². The second-order valence-corrected chi connectivity index (χ2v) is 8.04. The van der Waals surface area contributed by atoms with Gasteiger partial charge in [0.15, 0.2) is 0 Å². The number of amides is 2. The van der Waals surface area contributed by atoms with Crippen molar-refractivity contribution in [3.8, 4) is 5.75 Å². The molecule has 2 heterocycles. The van der Waals surface area contributed by atoms with E-state index in [2.05, 4.69) is 15.3 Å². The largest absolute Gasteiger partial charge is 0.491 e. The number of nitrogens with zero attached hydrogens (tertiary/aromatic N) is 4. The molecule has 0 radical (unpaired) electrons. The summed E-state index contributed by atoms with van der Waals surface area (Å²) in [7, 11) is 1.83. The van der Waals surface area contributed by atoms with Gasteiger partial charge < -0.3 is 15.0 Å². The van der Waals surface area contributed by atoms with Crippen LogP contribution in [0.4, 0.5) is 5.69 Å². The third kappa shape index (κ3) is 5.38. The maximum Gasteiger partial charge on any atom is 0.238 e. The van der Waals surface area contributed by atoms with Crippen LogP contribution in [0.25, 0.3) is 0 Å². The van der Waals surface area contributed by atoms with Crippen molar-refractivity contribution in [2.24, 2.45) is 7.05 Å². The van der Waals surface area contributed by atoms with Crippen LogP contribution >= 0.6 is 0 Å². The number of benzene rings is 1. The minimum Gasteiger partial charge on any atom is -0.491 e. The van der Waals surface area contributed by atoms with Crippen LogP contribution in [-0.2, 0) is 16.6 Å². The van der Waals surface area contributed by atoms with Gasteiger partial charge in [-0.25, -0.2) is 0 Å². The quantitative estimate of drug-likeness (QED) is 0.786. The fraction of sp³-hybridized carbons (Fsp3) is 0.500. The van der Waals surface area contributed by atoms with E-state index in [1.165, 1.54) is 0 Å². The van der Waals surface area contributed by atoms with Gasteiger partial charge in [-0.3, -0.25) is 19.2 Å². The fourth-order valence-electron chi connectivity index (χ4n) is 3.75. The predicted molar refractivity (Wildman–Crippen MR) is 115 cm³/mol. The Morgan fingerprint density at radius 3 is 2.50 bits per heavy atom. The van der Waals surface area contributed by atoms with Crippen molar-refractivity contribution in [3.05, 3.63) is 41.7 Å². The van der Waals surface area contributed by atoms with E-state index in [1.54, 1.807) is 17.8 Å². The number of aromatic nitrogens is 2.